The average molecular weight is 307 g/mol. The summed E-state index contributed by atoms with van der Waals surface area (Å²) in [6, 6.07) is 2.56. The van der Waals surface area contributed by atoms with Gasteiger partial charge >= 0.3 is 6.18 Å². The van der Waals surface area contributed by atoms with Crippen molar-refractivity contribution >= 4 is 5.91 Å². The van der Waals surface area contributed by atoms with Gasteiger partial charge in [0.2, 0.25) is 0 Å². The topological polar surface area (TPSA) is 49.3 Å². The lowest BCUT2D eigenvalue weighted by Crippen LogP contribution is -2.46. The second kappa shape index (κ2) is 6.43. The molecule has 3 nitrogen and oxygen atoms in total. The molecule has 1 amide bonds. The highest BCUT2D eigenvalue weighted by Gasteiger charge is 2.36. The summed E-state index contributed by atoms with van der Waals surface area (Å²) in [6.45, 7) is 3.18. The summed E-state index contributed by atoms with van der Waals surface area (Å²) >= 11 is 0. The summed E-state index contributed by atoms with van der Waals surface area (Å²) in [5.74, 6) is -2.53. The van der Waals surface area contributed by atoms with Crippen molar-refractivity contribution in [1.82, 2.24) is 5.32 Å². The Morgan fingerprint density at radius 2 is 1.95 bits per heavy atom. The molecule has 0 radical (unpaired) electrons. The third-order valence-corrected chi connectivity index (χ3v) is 3.41. The number of carbonyl (C=O) groups excluding carboxylic acids is 1. The molecular formula is C14H17F4NO2. The molecule has 1 aromatic carbocycles. The van der Waals surface area contributed by atoms with Crippen molar-refractivity contribution in [3.05, 3.63) is 35.1 Å². The number of amides is 1. The van der Waals surface area contributed by atoms with Crippen molar-refractivity contribution in [2.45, 2.75) is 38.4 Å². The van der Waals surface area contributed by atoms with E-state index in [2.05, 4.69) is 5.32 Å². The quantitative estimate of drug-likeness (QED) is 0.821. The maximum Gasteiger partial charge on any atom is 0.419 e. The lowest BCUT2D eigenvalue weighted by Gasteiger charge is -2.29. The first-order valence-electron chi connectivity index (χ1n) is 6.43. The van der Waals surface area contributed by atoms with Gasteiger partial charge in [-0.25, -0.2) is 4.39 Å². The molecule has 0 saturated heterocycles. The molecule has 0 aliphatic rings. The van der Waals surface area contributed by atoms with Gasteiger partial charge in [-0.05, 0) is 31.9 Å². The molecule has 1 aromatic rings. The molecule has 0 aliphatic heterocycles. The van der Waals surface area contributed by atoms with E-state index in [-0.39, 0.29) is 13.0 Å². The fourth-order valence-corrected chi connectivity index (χ4v) is 1.84. The molecule has 0 aromatic heterocycles. The first-order chi connectivity index (χ1) is 9.64. The van der Waals surface area contributed by atoms with E-state index in [1.807, 2.05) is 0 Å². The highest BCUT2D eigenvalue weighted by Crippen LogP contribution is 2.32. The van der Waals surface area contributed by atoms with Crippen LogP contribution < -0.4 is 5.32 Å². The number of carbonyl (C=O) groups is 1. The second-order valence-electron chi connectivity index (χ2n) is 5.01. The minimum Gasteiger partial charge on any atom is -0.396 e. The number of nitrogens with one attached hydrogen (secondary N) is 1. The van der Waals surface area contributed by atoms with Gasteiger partial charge in [-0.2, -0.15) is 13.2 Å². The maximum absolute atomic E-state index is 13.9. The van der Waals surface area contributed by atoms with Gasteiger partial charge in [0.1, 0.15) is 5.82 Å². The van der Waals surface area contributed by atoms with Crippen molar-refractivity contribution < 1.29 is 27.5 Å². The van der Waals surface area contributed by atoms with Gasteiger partial charge in [-0.15, -0.1) is 0 Å². The van der Waals surface area contributed by atoms with Gasteiger partial charge in [-0.1, -0.05) is 13.0 Å². The minimum atomic E-state index is -4.86. The number of benzene rings is 1. The zero-order valence-corrected chi connectivity index (χ0v) is 11.7. The third-order valence-electron chi connectivity index (χ3n) is 3.41. The van der Waals surface area contributed by atoms with Crippen LogP contribution in [0.15, 0.2) is 18.2 Å². The highest BCUT2D eigenvalue weighted by molar-refractivity contribution is 5.95. The van der Waals surface area contributed by atoms with Crippen LogP contribution in [-0.2, 0) is 6.18 Å². The van der Waals surface area contributed by atoms with E-state index in [0.717, 1.165) is 12.1 Å². The molecule has 1 unspecified atom stereocenters. The predicted molar refractivity (Wildman–Crippen MR) is 69.3 cm³/mol. The number of halogens is 4. The van der Waals surface area contributed by atoms with E-state index in [0.29, 0.717) is 12.5 Å². The maximum atomic E-state index is 13.9. The molecule has 2 N–H and O–H groups in total. The van der Waals surface area contributed by atoms with Gasteiger partial charge < -0.3 is 10.4 Å². The fraction of sp³-hybridized carbons (Fsp3) is 0.500. The molecule has 0 heterocycles. The van der Waals surface area contributed by atoms with Crippen LogP contribution in [0.3, 0.4) is 0 Å². The Morgan fingerprint density at radius 1 is 1.33 bits per heavy atom. The fourth-order valence-electron chi connectivity index (χ4n) is 1.84. The van der Waals surface area contributed by atoms with E-state index in [1.54, 1.807) is 13.8 Å². The van der Waals surface area contributed by atoms with Crippen molar-refractivity contribution in [3.63, 3.8) is 0 Å². The van der Waals surface area contributed by atoms with E-state index >= 15 is 0 Å². The molecule has 1 atom stereocenters. The largest absolute Gasteiger partial charge is 0.419 e. The number of aliphatic hydroxyl groups excluding tert-OH is 1. The summed E-state index contributed by atoms with van der Waals surface area (Å²) in [4.78, 5) is 12.0. The van der Waals surface area contributed by atoms with Gasteiger partial charge in [0.05, 0.1) is 11.1 Å². The van der Waals surface area contributed by atoms with E-state index in [4.69, 9.17) is 5.11 Å². The van der Waals surface area contributed by atoms with Crippen LogP contribution in [-0.4, -0.2) is 23.2 Å². The Hall–Kier alpha value is -1.63. The molecule has 7 heteroatoms. The first kappa shape index (κ1) is 17.4. The molecule has 0 spiro atoms. The molecule has 0 fully saturated rings. The average Bonchev–Trinajstić information content (AvgIpc) is 2.37. The van der Waals surface area contributed by atoms with Crippen LogP contribution in [0.1, 0.15) is 42.6 Å². The van der Waals surface area contributed by atoms with Crippen LogP contribution in [0, 0.1) is 5.82 Å². The number of hydrogen-bond donors (Lipinski definition) is 2. The summed E-state index contributed by atoms with van der Waals surface area (Å²) in [7, 11) is 0. The van der Waals surface area contributed by atoms with E-state index in [1.165, 1.54) is 0 Å². The molecule has 21 heavy (non-hydrogen) atoms. The van der Waals surface area contributed by atoms with Crippen molar-refractivity contribution in [3.8, 4) is 0 Å². The molecule has 0 bridgehead atoms. The smallest absolute Gasteiger partial charge is 0.396 e. The molecule has 0 saturated carbocycles. The molecule has 1 rings (SSSR count). The molecule has 0 aliphatic carbocycles. The molecule has 118 valence electrons. The van der Waals surface area contributed by atoms with Crippen LogP contribution in [0.2, 0.25) is 0 Å². The summed E-state index contributed by atoms with van der Waals surface area (Å²) < 4.78 is 51.7. The normalized spacial score (nSPS) is 14.6. The Kier molecular flexibility index (Phi) is 5.33. The van der Waals surface area contributed by atoms with Gasteiger partial charge in [0.15, 0.2) is 0 Å². The summed E-state index contributed by atoms with van der Waals surface area (Å²) in [5, 5.41) is 11.4. The summed E-state index contributed by atoms with van der Waals surface area (Å²) in [6.07, 6.45) is -4.20. The Balaban J connectivity index is 3.09. The Labute approximate surface area is 120 Å². The van der Waals surface area contributed by atoms with Gasteiger partial charge in [0.25, 0.3) is 5.91 Å². The monoisotopic (exact) mass is 307 g/mol. The zero-order chi connectivity index (χ0) is 16.3. The van der Waals surface area contributed by atoms with Crippen LogP contribution in [0.25, 0.3) is 0 Å². The van der Waals surface area contributed by atoms with Crippen molar-refractivity contribution in [2.75, 3.05) is 6.61 Å². The minimum absolute atomic E-state index is 0.199. The summed E-state index contributed by atoms with van der Waals surface area (Å²) in [5.41, 5.74) is -2.95. The molecular weight excluding hydrogens is 290 g/mol. The second-order valence-corrected chi connectivity index (χ2v) is 5.01. The first-order valence-corrected chi connectivity index (χ1v) is 6.43. The number of aliphatic hydroxyl groups is 1. The van der Waals surface area contributed by atoms with E-state index in [9.17, 15) is 22.4 Å². The van der Waals surface area contributed by atoms with Crippen LogP contribution in [0.5, 0.6) is 0 Å². The SMILES string of the molecule is CCC(C)(CCO)NC(=O)c1cccc(C(F)(F)F)c1F. The number of hydrogen-bond acceptors (Lipinski definition) is 2. The zero-order valence-electron chi connectivity index (χ0n) is 11.7. The number of alkyl halides is 3. The standard InChI is InChI=1S/C14H17F4NO2/c1-3-13(2,7-8-20)19-12(21)9-5-4-6-10(11(9)15)14(16,17)18/h4-6,20H,3,7-8H2,1-2H3,(H,19,21). The Morgan fingerprint density at radius 3 is 2.43 bits per heavy atom. The third kappa shape index (κ3) is 4.17. The number of rotatable bonds is 5. The van der Waals surface area contributed by atoms with E-state index < -0.39 is 34.6 Å². The lowest BCUT2D eigenvalue weighted by molar-refractivity contribution is -0.140. The Bertz CT molecular complexity index is 516. The van der Waals surface area contributed by atoms with Crippen molar-refractivity contribution in [1.29, 1.82) is 0 Å². The predicted octanol–water partition coefficient (Wildman–Crippen LogP) is 3.13. The van der Waals surface area contributed by atoms with Crippen LogP contribution in [0.4, 0.5) is 17.6 Å². The highest BCUT2D eigenvalue weighted by atomic mass is 19.4. The van der Waals surface area contributed by atoms with Gasteiger partial charge in [0, 0.05) is 12.1 Å². The van der Waals surface area contributed by atoms with Crippen LogP contribution >= 0.6 is 0 Å². The lowest BCUT2D eigenvalue weighted by atomic mass is 9.94. The van der Waals surface area contributed by atoms with Gasteiger partial charge in [-0.3, -0.25) is 4.79 Å². The van der Waals surface area contributed by atoms with Crippen molar-refractivity contribution in [2.24, 2.45) is 0 Å².